The first kappa shape index (κ1) is 18.7. The molecule has 4 rings (SSSR count). The van der Waals surface area contributed by atoms with Crippen molar-refractivity contribution in [3.8, 4) is 11.3 Å². The number of aromatic amines is 1. The first-order valence-corrected chi connectivity index (χ1v) is 9.15. The Hall–Kier alpha value is -3.68. The Morgan fingerprint density at radius 2 is 1.93 bits per heavy atom. The third-order valence-electron chi connectivity index (χ3n) is 4.98. The Morgan fingerprint density at radius 1 is 1.17 bits per heavy atom. The van der Waals surface area contributed by atoms with Gasteiger partial charge in [-0.05, 0) is 67.3 Å². The zero-order chi connectivity index (χ0) is 20.5. The van der Waals surface area contributed by atoms with Gasteiger partial charge in [-0.2, -0.15) is 0 Å². The average Bonchev–Trinajstić information content (AvgIpc) is 3.18. The SMILES string of the molecule is NC(=O)c1cc2c([nH]c1=O)CCCC2NC(=O)c1ccc(-c2ccc(F)cc2)o1. The number of carbonyl (C=O) groups is 2. The molecule has 2 heterocycles. The highest BCUT2D eigenvalue weighted by Crippen LogP contribution is 2.29. The van der Waals surface area contributed by atoms with Crippen LogP contribution in [0.3, 0.4) is 0 Å². The predicted molar refractivity (Wildman–Crippen MR) is 103 cm³/mol. The second kappa shape index (κ2) is 7.38. The van der Waals surface area contributed by atoms with Crippen LogP contribution in [0, 0.1) is 5.82 Å². The minimum absolute atomic E-state index is 0.107. The molecule has 1 aliphatic carbocycles. The van der Waals surface area contributed by atoms with Crippen LogP contribution in [0.2, 0.25) is 0 Å². The zero-order valence-corrected chi connectivity index (χ0v) is 15.3. The second-order valence-corrected chi connectivity index (χ2v) is 6.90. The van der Waals surface area contributed by atoms with Gasteiger partial charge >= 0.3 is 0 Å². The van der Waals surface area contributed by atoms with Crippen LogP contribution >= 0.6 is 0 Å². The van der Waals surface area contributed by atoms with Crippen molar-refractivity contribution >= 4 is 11.8 Å². The number of hydrogen-bond donors (Lipinski definition) is 3. The molecule has 3 aromatic rings. The molecule has 0 bridgehead atoms. The minimum Gasteiger partial charge on any atom is -0.451 e. The number of aryl methyl sites for hydroxylation is 1. The second-order valence-electron chi connectivity index (χ2n) is 6.90. The smallest absolute Gasteiger partial charge is 0.287 e. The fourth-order valence-corrected chi connectivity index (χ4v) is 3.53. The molecule has 2 aromatic heterocycles. The highest BCUT2D eigenvalue weighted by Gasteiger charge is 2.26. The van der Waals surface area contributed by atoms with Crippen molar-refractivity contribution in [3.63, 3.8) is 0 Å². The van der Waals surface area contributed by atoms with Gasteiger partial charge in [-0.1, -0.05) is 0 Å². The molecule has 0 saturated carbocycles. The van der Waals surface area contributed by atoms with Crippen LogP contribution in [0.5, 0.6) is 0 Å². The highest BCUT2D eigenvalue weighted by molar-refractivity contribution is 5.93. The molecule has 1 aromatic carbocycles. The normalized spacial score (nSPS) is 15.6. The molecule has 148 valence electrons. The van der Waals surface area contributed by atoms with Gasteiger partial charge in [-0.15, -0.1) is 0 Å². The summed E-state index contributed by atoms with van der Waals surface area (Å²) in [5.41, 5.74) is 6.60. The maximum Gasteiger partial charge on any atom is 0.287 e. The van der Waals surface area contributed by atoms with Crippen LogP contribution in [0.25, 0.3) is 11.3 Å². The topological polar surface area (TPSA) is 118 Å². The number of aromatic nitrogens is 1. The van der Waals surface area contributed by atoms with Crippen molar-refractivity contribution in [1.82, 2.24) is 10.3 Å². The van der Waals surface area contributed by atoms with Crippen molar-refractivity contribution in [3.05, 3.63) is 81.2 Å². The Kier molecular flexibility index (Phi) is 4.75. The van der Waals surface area contributed by atoms with E-state index < -0.39 is 17.4 Å². The molecule has 0 spiro atoms. The summed E-state index contributed by atoms with van der Waals surface area (Å²) >= 11 is 0. The maximum absolute atomic E-state index is 13.1. The first-order chi connectivity index (χ1) is 13.9. The van der Waals surface area contributed by atoms with Gasteiger partial charge in [-0.3, -0.25) is 14.4 Å². The van der Waals surface area contributed by atoms with E-state index in [2.05, 4.69) is 10.3 Å². The molecule has 0 radical (unpaired) electrons. The Bertz CT molecular complexity index is 1150. The van der Waals surface area contributed by atoms with E-state index in [1.54, 1.807) is 24.3 Å². The zero-order valence-electron chi connectivity index (χ0n) is 15.3. The number of primary amides is 1. The van der Waals surface area contributed by atoms with E-state index in [-0.39, 0.29) is 23.2 Å². The number of pyridine rings is 1. The lowest BCUT2D eigenvalue weighted by atomic mass is 9.90. The molecular weight excluding hydrogens is 377 g/mol. The van der Waals surface area contributed by atoms with Crippen molar-refractivity contribution in [2.45, 2.75) is 25.3 Å². The van der Waals surface area contributed by atoms with E-state index in [0.29, 0.717) is 35.4 Å². The van der Waals surface area contributed by atoms with Crippen LogP contribution in [-0.4, -0.2) is 16.8 Å². The monoisotopic (exact) mass is 395 g/mol. The average molecular weight is 395 g/mol. The van der Waals surface area contributed by atoms with Gasteiger partial charge in [0.05, 0.1) is 6.04 Å². The largest absolute Gasteiger partial charge is 0.451 e. The molecule has 1 atom stereocenters. The van der Waals surface area contributed by atoms with E-state index in [4.69, 9.17) is 10.2 Å². The molecule has 2 amide bonds. The molecule has 0 saturated heterocycles. The molecule has 8 heteroatoms. The molecule has 0 aliphatic heterocycles. The number of H-pyrrole nitrogens is 1. The van der Waals surface area contributed by atoms with Gasteiger partial charge in [0.1, 0.15) is 17.1 Å². The summed E-state index contributed by atoms with van der Waals surface area (Å²) in [6, 6.07) is 10.00. The molecule has 1 unspecified atom stereocenters. The third kappa shape index (κ3) is 3.69. The molecule has 7 nitrogen and oxygen atoms in total. The lowest BCUT2D eigenvalue weighted by Gasteiger charge is -2.26. The Balaban J connectivity index is 1.57. The van der Waals surface area contributed by atoms with E-state index in [0.717, 1.165) is 6.42 Å². The number of furan rings is 1. The maximum atomic E-state index is 13.1. The Morgan fingerprint density at radius 3 is 2.66 bits per heavy atom. The van der Waals surface area contributed by atoms with Gasteiger partial charge in [0.25, 0.3) is 17.4 Å². The van der Waals surface area contributed by atoms with Crippen LogP contribution in [-0.2, 0) is 6.42 Å². The number of halogens is 1. The van der Waals surface area contributed by atoms with Crippen molar-refractivity contribution in [1.29, 1.82) is 0 Å². The van der Waals surface area contributed by atoms with Gasteiger partial charge in [0.2, 0.25) is 0 Å². The van der Waals surface area contributed by atoms with E-state index in [1.165, 1.54) is 18.2 Å². The van der Waals surface area contributed by atoms with Gasteiger partial charge in [-0.25, -0.2) is 4.39 Å². The lowest BCUT2D eigenvalue weighted by molar-refractivity contribution is 0.0905. The Labute approximate surface area is 164 Å². The van der Waals surface area contributed by atoms with Crippen LogP contribution in [0.1, 0.15) is 51.1 Å². The summed E-state index contributed by atoms with van der Waals surface area (Å²) < 4.78 is 18.7. The summed E-state index contributed by atoms with van der Waals surface area (Å²) in [7, 11) is 0. The quantitative estimate of drug-likeness (QED) is 0.629. The van der Waals surface area contributed by atoms with E-state index in [9.17, 15) is 18.8 Å². The van der Waals surface area contributed by atoms with Crippen molar-refractivity contribution in [2.75, 3.05) is 0 Å². The summed E-state index contributed by atoms with van der Waals surface area (Å²) in [6.07, 6.45) is 2.06. The third-order valence-corrected chi connectivity index (χ3v) is 4.98. The summed E-state index contributed by atoms with van der Waals surface area (Å²) in [5.74, 6) is -1.05. The minimum atomic E-state index is -0.820. The van der Waals surface area contributed by atoms with Crippen molar-refractivity contribution in [2.24, 2.45) is 5.73 Å². The van der Waals surface area contributed by atoms with Crippen LogP contribution < -0.4 is 16.6 Å². The fourth-order valence-electron chi connectivity index (χ4n) is 3.53. The molecule has 4 N–H and O–H groups in total. The van der Waals surface area contributed by atoms with E-state index in [1.807, 2.05) is 0 Å². The summed E-state index contributed by atoms with van der Waals surface area (Å²) in [5, 5.41) is 2.88. The number of nitrogens with one attached hydrogen (secondary N) is 2. The van der Waals surface area contributed by atoms with E-state index >= 15 is 0 Å². The lowest BCUT2D eigenvalue weighted by Crippen LogP contribution is -2.34. The summed E-state index contributed by atoms with van der Waals surface area (Å²) in [6.45, 7) is 0. The van der Waals surface area contributed by atoms with Gasteiger partial charge in [0, 0.05) is 11.3 Å². The standard InChI is InChI=1S/C21H18FN3O4/c22-12-6-4-11(5-7-12)17-8-9-18(29-17)21(28)25-16-3-1-2-15-13(16)10-14(19(23)26)20(27)24-15/h4-10,16H,1-3H2,(H2,23,26)(H,24,27)(H,25,28). The molecule has 1 aliphatic rings. The predicted octanol–water partition coefficient (Wildman–Crippen LogP) is 2.68. The van der Waals surface area contributed by atoms with Crippen LogP contribution in [0.4, 0.5) is 4.39 Å². The highest BCUT2D eigenvalue weighted by atomic mass is 19.1. The number of fused-ring (bicyclic) bond motifs is 1. The fraction of sp³-hybridized carbons (Fsp3) is 0.190. The van der Waals surface area contributed by atoms with Gasteiger partial charge < -0.3 is 20.5 Å². The number of amides is 2. The van der Waals surface area contributed by atoms with Gasteiger partial charge in [0.15, 0.2) is 5.76 Å². The first-order valence-electron chi connectivity index (χ1n) is 9.15. The number of nitrogens with two attached hydrogens (primary N) is 1. The van der Waals surface area contributed by atoms with Crippen LogP contribution in [0.15, 0.2) is 51.7 Å². The number of carbonyl (C=O) groups excluding carboxylic acids is 2. The number of benzene rings is 1. The molecular formula is C21H18FN3O4. The van der Waals surface area contributed by atoms with Crippen molar-refractivity contribution < 1.29 is 18.4 Å². The summed E-state index contributed by atoms with van der Waals surface area (Å²) in [4.78, 5) is 38.8. The molecule has 0 fully saturated rings. The molecule has 29 heavy (non-hydrogen) atoms. The number of rotatable bonds is 4. The number of hydrogen-bond acceptors (Lipinski definition) is 4.